The van der Waals surface area contributed by atoms with E-state index < -0.39 is 11.6 Å². The SMILES string of the molecule is CCNC(=NCc1ncc(C(C)(C)C)o1)NCCc1cccc(F)c1F.I. The molecule has 0 aliphatic rings. The fraction of sp³-hybridized carbons (Fsp3) is 0.474. The lowest BCUT2D eigenvalue weighted by Gasteiger charge is -2.13. The maximum Gasteiger partial charge on any atom is 0.216 e. The summed E-state index contributed by atoms with van der Waals surface area (Å²) in [5.41, 5.74) is 0.225. The highest BCUT2D eigenvalue weighted by molar-refractivity contribution is 14.0. The van der Waals surface area contributed by atoms with Crippen LogP contribution in [0.4, 0.5) is 8.78 Å². The van der Waals surface area contributed by atoms with Crippen molar-refractivity contribution in [2.45, 2.75) is 46.1 Å². The van der Waals surface area contributed by atoms with Gasteiger partial charge in [-0.05, 0) is 25.0 Å². The molecule has 0 saturated heterocycles. The van der Waals surface area contributed by atoms with Gasteiger partial charge in [0, 0.05) is 18.5 Å². The number of nitrogens with zero attached hydrogens (tertiary/aromatic N) is 2. The van der Waals surface area contributed by atoms with E-state index in [1.165, 1.54) is 6.07 Å². The average Bonchev–Trinajstić information content (AvgIpc) is 3.06. The smallest absolute Gasteiger partial charge is 0.216 e. The summed E-state index contributed by atoms with van der Waals surface area (Å²) in [6.45, 7) is 9.50. The van der Waals surface area contributed by atoms with E-state index in [2.05, 4.69) is 41.4 Å². The van der Waals surface area contributed by atoms with Crippen LogP contribution in [0.25, 0.3) is 0 Å². The van der Waals surface area contributed by atoms with Crippen LogP contribution in [-0.4, -0.2) is 24.0 Å². The first-order valence-electron chi connectivity index (χ1n) is 8.71. The number of oxazole rings is 1. The molecule has 0 spiro atoms. The van der Waals surface area contributed by atoms with E-state index >= 15 is 0 Å². The second-order valence-corrected chi connectivity index (χ2v) is 6.95. The molecular weight excluding hydrogens is 465 g/mol. The summed E-state index contributed by atoms with van der Waals surface area (Å²) in [6, 6.07) is 4.19. The van der Waals surface area contributed by atoms with Crippen LogP contribution in [0.15, 0.2) is 33.8 Å². The van der Waals surface area contributed by atoms with Crippen LogP contribution < -0.4 is 10.6 Å². The van der Waals surface area contributed by atoms with Crippen molar-refractivity contribution in [3.8, 4) is 0 Å². The first-order valence-corrected chi connectivity index (χ1v) is 8.71. The molecule has 8 heteroatoms. The summed E-state index contributed by atoms with van der Waals surface area (Å²) >= 11 is 0. The summed E-state index contributed by atoms with van der Waals surface area (Å²) in [4.78, 5) is 8.66. The molecule has 2 aromatic rings. The van der Waals surface area contributed by atoms with Gasteiger partial charge in [-0.3, -0.25) is 0 Å². The second-order valence-electron chi connectivity index (χ2n) is 6.95. The van der Waals surface area contributed by atoms with Crippen molar-refractivity contribution >= 4 is 29.9 Å². The zero-order valence-electron chi connectivity index (χ0n) is 16.1. The Morgan fingerprint density at radius 3 is 2.59 bits per heavy atom. The third-order valence-corrected chi connectivity index (χ3v) is 3.73. The van der Waals surface area contributed by atoms with E-state index in [-0.39, 0.29) is 29.4 Å². The van der Waals surface area contributed by atoms with E-state index in [1.54, 1.807) is 12.3 Å². The van der Waals surface area contributed by atoms with Gasteiger partial charge in [-0.25, -0.2) is 18.8 Å². The second kappa shape index (κ2) is 10.6. The average molecular weight is 492 g/mol. The van der Waals surface area contributed by atoms with Gasteiger partial charge in [0.25, 0.3) is 0 Å². The molecule has 1 heterocycles. The lowest BCUT2D eigenvalue weighted by Crippen LogP contribution is -2.38. The highest BCUT2D eigenvalue weighted by Gasteiger charge is 2.19. The van der Waals surface area contributed by atoms with Crippen LogP contribution in [0.5, 0.6) is 0 Å². The molecule has 0 bridgehead atoms. The maximum absolute atomic E-state index is 13.7. The van der Waals surface area contributed by atoms with Gasteiger partial charge >= 0.3 is 0 Å². The van der Waals surface area contributed by atoms with Crippen molar-refractivity contribution in [3.05, 3.63) is 53.2 Å². The molecular formula is C19H27F2IN4O. The van der Waals surface area contributed by atoms with Crippen molar-refractivity contribution in [1.82, 2.24) is 15.6 Å². The highest BCUT2D eigenvalue weighted by atomic mass is 127. The Hall–Kier alpha value is -1.71. The Morgan fingerprint density at radius 1 is 1.22 bits per heavy atom. The van der Waals surface area contributed by atoms with Gasteiger partial charge < -0.3 is 15.1 Å². The minimum atomic E-state index is -0.832. The quantitative estimate of drug-likeness (QED) is 0.361. The zero-order chi connectivity index (χ0) is 19.2. The maximum atomic E-state index is 13.7. The molecule has 0 aliphatic heterocycles. The largest absolute Gasteiger partial charge is 0.443 e. The van der Waals surface area contributed by atoms with Gasteiger partial charge in [0.2, 0.25) is 5.89 Å². The Balaban J connectivity index is 0.00000364. The molecule has 0 unspecified atom stereocenters. The molecule has 1 aromatic heterocycles. The number of hydrogen-bond acceptors (Lipinski definition) is 3. The van der Waals surface area contributed by atoms with E-state index in [0.717, 1.165) is 11.8 Å². The third kappa shape index (κ3) is 7.08. The molecule has 5 nitrogen and oxygen atoms in total. The molecule has 1 aromatic carbocycles. The van der Waals surface area contributed by atoms with Crippen LogP contribution in [-0.2, 0) is 18.4 Å². The number of aromatic nitrogens is 1. The molecule has 27 heavy (non-hydrogen) atoms. The molecule has 0 atom stereocenters. The van der Waals surface area contributed by atoms with Gasteiger partial charge in [-0.2, -0.15) is 0 Å². The Kier molecular flexibility index (Phi) is 9.14. The minimum Gasteiger partial charge on any atom is -0.443 e. The van der Waals surface area contributed by atoms with E-state index in [4.69, 9.17) is 4.42 Å². The summed E-state index contributed by atoms with van der Waals surface area (Å²) in [7, 11) is 0. The predicted octanol–water partition coefficient (Wildman–Crippen LogP) is 4.17. The lowest BCUT2D eigenvalue weighted by molar-refractivity contribution is 0.383. The van der Waals surface area contributed by atoms with Crippen LogP contribution >= 0.6 is 24.0 Å². The Labute approximate surface area is 176 Å². The van der Waals surface area contributed by atoms with Gasteiger partial charge in [0.15, 0.2) is 17.6 Å². The molecule has 2 N–H and O–H groups in total. The van der Waals surface area contributed by atoms with Crippen molar-refractivity contribution in [1.29, 1.82) is 0 Å². The molecule has 0 fully saturated rings. The third-order valence-electron chi connectivity index (χ3n) is 3.73. The normalized spacial score (nSPS) is 11.9. The highest BCUT2D eigenvalue weighted by Crippen LogP contribution is 2.22. The number of guanidine groups is 1. The van der Waals surface area contributed by atoms with Gasteiger partial charge in [-0.15, -0.1) is 24.0 Å². The predicted molar refractivity (Wildman–Crippen MR) is 113 cm³/mol. The number of hydrogen-bond donors (Lipinski definition) is 2. The molecule has 0 radical (unpaired) electrons. The Bertz CT molecular complexity index is 756. The fourth-order valence-corrected chi connectivity index (χ4v) is 2.28. The number of nitrogens with one attached hydrogen (secondary N) is 2. The molecule has 0 saturated carbocycles. The summed E-state index contributed by atoms with van der Waals surface area (Å²) < 4.78 is 32.6. The van der Waals surface area contributed by atoms with E-state index in [1.807, 2.05) is 6.92 Å². The van der Waals surface area contributed by atoms with Crippen LogP contribution in [0.2, 0.25) is 0 Å². The Morgan fingerprint density at radius 2 is 1.96 bits per heavy atom. The number of aliphatic imine (C=N–C) groups is 1. The van der Waals surface area contributed by atoms with E-state index in [9.17, 15) is 8.78 Å². The van der Waals surface area contributed by atoms with E-state index in [0.29, 0.717) is 43.5 Å². The van der Waals surface area contributed by atoms with Gasteiger partial charge in [0.05, 0.1) is 6.20 Å². The first-order chi connectivity index (χ1) is 12.3. The van der Waals surface area contributed by atoms with Crippen molar-refractivity contribution in [2.24, 2.45) is 4.99 Å². The number of halogens is 3. The minimum absolute atomic E-state index is 0. The summed E-state index contributed by atoms with van der Waals surface area (Å²) in [5, 5.41) is 6.21. The van der Waals surface area contributed by atoms with Crippen LogP contribution in [0.1, 0.15) is 44.9 Å². The first kappa shape index (κ1) is 23.3. The lowest BCUT2D eigenvalue weighted by atomic mass is 9.94. The van der Waals surface area contributed by atoms with Crippen LogP contribution in [0.3, 0.4) is 0 Å². The topological polar surface area (TPSA) is 62.5 Å². The summed E-state index contributed by atoms with van der Waals surface area (Å²) in [6.07, 6.45) is 2.07. The molecule has 150 valence electrons. The summed E-state index contributed by atoms with van der Waals surface area (Å²) in [5.74, 6) is 0.276. The monoisotopic (exact) mass is 492 g/mol. The van der Waals surface area contributed by atoms with Crippen molar-refractivity contribution in [2.75, 3.05) is 13.1 Å². The van der Waals surface area contributed by atoms with Crippen molar-refractivity contribution in [3.63, 3.8) is 0 Å². The molecule has 0 aliphatic carbocycles. The van der Waals surface area contributed by atoms with Crippen LogP contribution in [0, 0.1) is 11.6 Å². The molecule has 0 amide bonds. The standard InChI is InChI=1S/C19H26F2N4O.HI/c1-5-22-18(23-10-9-13-7-6-8-14(20)17(13)21)25-12-16-24-11-15(26-16)19(2,3)4;/h6-8,11H,5,9-10,12H2,1-4H3,(H2,22,23,25);1H. The zero-order valence-corrected chi connectivity index (χ0v) is 18.4. The number of rotatable bonds is 6. The van der Waals surface area contributed by atoms with Gasteiger partial charge in [-0.1, -0.05) is 32.9 Å². The fourth-order valence-electron chi connectivity index (χ4n) is 2.28. The van der Waals surface area contributed by atoms with Gasteiger partial charge in [0.1, 0.15) is 12.3 Å². The van der Waals surface area contributed by atoms with Crippen molar-refractivity contribution < 1.29 is 13.2 Å². The number of benzene rings is 1. The molecule has 2 rings (SSSR count).